The molecule has 7 nitrogen and oxygen atoms in total. The second-order valence-electron chi connectivity index (χ2n) is 10.3. The molecule has 0 saturated heterocycles. The third-order valence-electron chi connectivity index (χ3n) is 7.32. The molecule has 0 radical (unpaired) electrons. The van der Waals surface area contributed by atoms with Crippen LogP contribution in [0.5, 0.6) is 0 Å². The first-order valence-corrected chi connectivity index (χ1v) is 15.1. The van der Waals surface area contributed by atoms with E-state index in [-0.39, 0.29) is 23.4 Å². The predicted molar refractivity (Wildman–Crippen MR) is 154 cm³/mol. The number of hydrogen-bond donors (Lipinski definition) is 1. The SMILES string of the molecule is Cc1ccc(S(=O)(=O)N(CC(=O)N(Cc2ccc(F)cc2)[C@H](C)C(=O)NC2CCCCC2)c2ccccc2)cc1. The summed E-state index contributed by atoms with van der Waals surface area (Å²) >= 11 is 0. The Labute approximate surface area is 236 Å². The largest absolute Gasteiger partial charge is 0.352 e. The number of nitrogens with one attached hydrogen (secondary N) is 1. The Hall–Kier alpha value is -3.72. The maximum absolute atomic E-state index is 13.9. The highest BCUT2D eigenvalue weighted by molar-refractivity contribution is 7.92. The van der Waals surface area contributed by atoms with Gasteiger partial charge in [0.25, 0.3) is 10.0 Å². The predicted octanol–water partition coefficient (Wildman–Crippen LogP) is 5.20. The van der Waals surface area contributed by atoms with Crippen LogP contribution >= 0.6 is 0 Å². The van der Waals surface area contributed by atoms with Gasteiger partial charge in [0.05, 0.1) is 10.6 Å². The second-order valence-corrected chi connectivity index (χ2v) is 12.2. The van der Waals surface area contributed by atoms with Gasteiger partial charge >= 0.3 is 0 Å². The highest BCUT2D eigenvalue weighted by Crippen LogP contribution is 2.25. The van der Waals surface area contributed by atoms with Crippen molar-refractivity contribution in [2.24, 2.45) is 0 Å². The fraction of sp³-hybridized carbons (Fsp3) is 0.355. The molecular formula is C31H36FN3O4S. The molecule has 0 unspecified atom stereocenters. The van der Waals surface area contributed by atoms with E-state index < -0.39 is 34.3 Å². The maximum atomic E-state index is 13.9. The zero-order valence-corrected chi connectivity index (χ0v) is 23.7. The van der Waals surface area contributed by atoms with Crippen LogP contribution in [0, 0.1) is 12.7 Å². The number of amides is 2. The van der Waals surface area contributed by atoms with E-state index in [1.165, 1.54) is 29.2 Å². The first-order valence-electron chi connectivity index (χ1n) is 13.6. The normalized spacial score (nSPS) is 14.8. The molecule has 1 fully saturated rings. The summed E-state index contributed by atoms with van der Waals surface area (Å²) in [6.07, 6.45) is 5.00. The molecular weight excluding hydrogens is 529 g/mol. The third kappa shape index (κ3) is 7.27. The second kappa shape index (κ2) is 13.1. The Balaban J connectivity index is 1.65. The van der Waals surface area contributed by atoms with Gasteiger partial charge in [-0.3, -0.25) is 13.9 Å². The van der Waals surface area contributed by atoms with Crippen molar-refractivity contribution in [2.75, 3.05) is 10.8 Å². The molecule has 1 saturated carbocycles. The molecule has 1 atom stereocenters. The van der Waals surface area contributed by atoms with E-state index in [1.807, 2.05) is 6.92 Å². The summed E-state index contributed by atoms with van der Waals surface area (Å²) in [5.41, 5.74) is 1.86. The first kappa shape index (κ1) is 29.3. The highest BCUT2D eigenvalue weighted by atomic mass is 32.2. The third-order valence-corrected chi connectivity index (χ3v) is 9.11. The van der Waals surface area contributed by atoms with Gasteiger partial charge in [0.2, 0.25) is 11.8 Å². The number of halogens is 1. The van der Waals surface area contributed by atoms with Crippen LogP contribution in [0.3, 0.4) is 0 Å². The lowest BCUT2D eigenvalue weighted by atomic mass is 9.95. The lowest BCUT2D eigenvalue weighted by Crippen LogP contribution is -2.53. The van der Waals surface area contributed by atoms with Crippen LogP contribution in [0.15, 0.2) is 83.8 Å². The van der Waals surface area contributed by atoms with Gasteiger partial charge in [-0.25, -0.2) is 12.8 Å². The fourth-order valence-corrected chi connectivity index (χ4v) is 6.31. The van der Waals surface area contributed by atoms with Crippen molar-refractivity contribution in [3.05, 3.63) is 95.8 Å². The van der Waals surface area contributed by atoms with Gasteiger partial charge in [0, 0.05) is 12.6 Å². The average molecular weight is 566 g/mol. The van der Waals surface area contributed by atoms with Gasteiger partial charge in [0.1, 0.15) is 18.4 Å². The number of anilines is 1. The Kier molecular flexibility index (Phi) is 9.58. The number of aryl methyl sites for hydroxylation is 1. The molecule has 3 aromatic rings. The molecule has 0 bridgehead atoms. The lowest BCUT2D eigenvalue weighted by Gasteiger charge is -2.33. The van der Waals surface area contributed by atoms with E-state index >= 15 is 0 Å². The van der Waals surface area contributed by atoms with Crippen molar-refractivity contribution in [2.45, 2.75) is 69.5 Å². The van der Waals surface area contributed by atoms with Gasteiger partial charge < -0.3 is 10.2 Å². The summed E-state index contributed by atoms with van der Waals surface area (Å²) in [6.45, 7) is 3.01. The lowest BCUT2D eigenvalue weighted by molar-refractivity contribution is -0.139. The van der Waals surface area contributed by atoms with E-state index in [9.17, 15) is 22.4 Å². The molecule has 0 aromatic heterocycles. The van der Waals surface area contributed by atoms with Crippen molar-refractivity contribution in [3.8, 4) is 0 Å². The summed E-state index contributed by atoms with van der Waals surface area (Å²) in [5, 5.41) is 3.07. The van der Waals surface area contributed by atoms with Crippen molar-refractivity contribution < 1.29 is 22.4 Å². The minimum Gasteiger partial charge on any atom is -0.352 e. The number of carbonyl (C=O) groups excluding carboxylic acids is 2. The molecule has 1 N–H and O–H groups in total. The summed E-state index contributed by atoms with van der Waals surface area (Å²) < 4.78 is 42.3. The number of benzene rings is 3. The van der Waals surface area contributed by atoms with Crippen LogP contribution in [-0.2, 0) is 26.2 Å². The monoisotopic (exact) mass is 565 g/mol. The summed E-state index contributed by atoms with van der Waals surface area (Å²) in [4.78, 5) is 28.7. The molecule has 2 amide bonds. The fourth-order valence-electron chi connectivity index (χ4n) is 4.90. The van der Waals surface area contributed by atoms with E-state index in [2.05, 4.69) is 5.32 Å². The summed E-state index contributed by atoms with van der Waals surface area (Å²) in [6, 6.07) is 19.7. The maximum Gasteiger partial charge on any atom is 0.264 e. The van der Waals surface area contributed by atoms with Crippen molar-refractivity contribution >= 4 is 27.5 Å². The van der Waals surface area contributed by atoms with Crippen LogP contribution in [-0.4, -0.2) is 43.8 Å². The Morgan fingerprint density at radius 2 is 1.55 bits per heavy atom. The smallest absolute Gasteiger partial charge is 0.264 e. The van der Waals surface area contributed by atoms with Gasteiger partial charge in [-0.1, -0.05) is 67.3 Å². The Morgan fingerprint density at radius 3 is 2.17 bits per heavy atom. The van der Waals surface area contributed by atoms with Gasteiger partial charge in [0.15, 0.2) is 0 Å². The molecule has 40 heavy (non-hydrogen) atoms. The minimum atomic E-state index is -4.11. The zero-order chi connectivity index (χ0) is 28.7. The highest BCUT2D eigenvalue weighted by Gasteiger charge is 2.33. The molecule has 1 aliphatic rings. The van der Waals surface area contributed by atoms with Crippen molar-refractivity contribution in [1.82, 2.24) is 10.2 Å². The number of hydrogen-bond acceptors (Lipinski definition) is 4. The zero-order valence-electron chi connectivity index (χ0n) is 22.9. The van der Waals surface area contributed by atoms with Crippen LogP contribution in [0.25, 0.3) is 0 Å². The Morgan fingerprint density at radius 1 is 0.925 bits per heavy atom. The molecule has 1 aliphatic carbocycles. The summed E-state index contributed by atoms with van der Waals surface area (Å²) in [5.74, 6) is -1.26. The number of nitrogens with zero attached hydrogens (tertiary/aromatic N) is 2. The molecule has 3 aromatic carbocycles. The molecule has 0 aliphatic heterocycles. The van der Waals surface area contributed by atoms with Crippen LogP contribution < -0.4 is 9.62 Å². The summed E-state index contributed by atoms with van der Waals surface area (Å²) in [7, 11) is -4.11. The minimum absolute atomic E-state index is 0.0194. The van der Waals surface area contributed by atoms with Crippen LogP contribution in [0.4, 0.5) is 10.1 Å². The van der Waals surface area contributed by atoms with Crippen LogP contribution in [0.2, 0.25) is 0 Å². The molecule has 212 valence electrons. The number of sulfonamides is 1. The van der Waals surface area contributed by atoms with E-state index in [4.69, 9.17) is 0 Å². The topological polar surface area (TPSA) is 86.8 Å². The molecule has 0 heterocycles. The quantitative estimate of drug-likeness (QED) is 0.366. The van der Waals surface area contributed by atoms with Crippen LogP contribution in [0.1, 0.15) is 50.2 Å². The standard InChI is InChI=1S/C31H36FN3O4S/c1-23-13-19-29(20-14-23)40(38,39)35(28-11-7-4-8-12-28)22-30(36)34(21-25-15-17-26(32)18-16-25)24(2)31(37)33-27-9-5-3-6-10-27/h4,7-8,11-20,24,27H,3,5-6,9-10,21-22H2,1-2H3,(H,33,37)/t24-/m1/s1. The number of carbonyl (C=O) groups is 2. The van der Waals surface area contributed by atoms with Crippen molar-refractivity contribution in [1.29, 1.82) is 0 Å². The molecule has 4 rings (SSSR count). The van der Waals surface area contributed by atoms with E-state index in [0.717, 1.165) is 42.0 Å². The van der Waals surface area contributed by atoms with Crippen molar-refractivity contribution in [3.63, 3.8) is 0 Å². The first-order chi connectivity index (χ1) is 19.1. The van der Waals surface area contributed by atoms with E-state index in [1.54, 1.807) is 61.5 Å². The Bertz CT molecular complexity index is 1390. The van der Waals surface area contributed by atoms with Gasteiger partial charge in [-0.05, 0) is 68.7 Å². The number of rotatable bonds is 10. The number of para-hydroxylation sites is 1. The van der Waals surface area contributed by atoms with Gasteiger partial charge in [-0.15, -0.1) is 0 Å². The van der Waals surface area contributed by atoms with E-state index in [0.29, 0.717) is 11.3 Å². The molecule has 0 spiro atoms. The molecule has 9 heteroatoms. The van der Waals surface area contributed by atoms with Gasteiger partial charge in [-0.2, -0.15) is 0 Å². The average Bonchev–Trinajstić information content (AvgIpc) is 2.96.